The van der Waals surface area contributed by atoms with Gasteiger partial charge in [0.25, 0.3) is 0 Å². The van der Waals surface area contributed by atoms with Gasteiger partial charge in [-0.05, 0) is 50.9 Å². The Hall–Kier alpha value is -1.06. The van der Waals surface area contributed by atoms with Crippen LogP contribution in [0, 0.1) is 0 Å². The van der Waals surface area contributed by atoms with Crippen molar-refractivity contribution in [1.82, 2.24) is 4.90 Å². The van der Waals surface area contributed by atoms with E-state index >= 15 is 0 Å². The van der Waals surface area contributed by atoms with E-state index in [9.17, 15) is 5.11 Å². The van der Waals surface area contributed by atoms with Crippen molar-refractivity contribution in [2.24, 2.45) is 0 Å². The predicted molar refractivity (Wildman–Crippen MR) is 72.8 cm³/mol. The van der Waals surface area contributed by atoms with Gasteiger partial charge in [-0.2, -0.15) is 0 Å². The summed E-state index contributed by atoms with van der Waals surface area (Å²) in [4.78, 5) is 2.36. The zero-order valence-electron chi connectivity index (χ0n) is 11.3. The van der Waals surface area contributed by atoms with E-state index in [1.165, 1.54) is 12.8 Å². The number of hydrogen-bond acceptors (Lipinski definition) is 3. The second kappa shape index (κ2) is 6.21. The Morgan fingerprint density at radius 3 is 2.67 bits per heavy atom. The van der Waals surface area contributed by atoms with Crippen LogP contribution in [0.4, 0.5) is 0 Å². The average Bonchev–Trinajstić information content (AvgIpc) is 2.76. The molecular weight excluding hydrogens is 226 g/mol. The summed E-state index contributed by atoms with van der Waals surface area (Å²) in [6.07, 6.45) is 2.09. The van der Waals surface area contributed by atoms with Crippen molar-refractivity contribution in [2.75, 3.05) is 19.7 Å². The molecule has 1 heterocycles. The largest absolute Gasteiger partial charge is 0.494 e. The maximum atomic E-state index is 10.2. The predicted octanol–water partition coefficient (Wildman–Crippen LogP) is 2.60. The standard InChI is InChI=1S/C15H23NO2/c1-3-18-14-8-6-13(7-9-14)15(17)11-16-10-4-5-12(16)2/h6-9,12,15,17H,3-5,10-11H2,1-2H3. The molecule has 2 atom stereocenters. The Labute approximate surface area is 109 Å². The van der Waals surface area contributed by atoms with E-state index in [2.05, 4.69) is 11.8 Å². The van der Waals surface area contributed by atoms with Gasteiger partial charge in [0.05, 0.1) is 12.7 Å². The van der Waals surface area contributed by atoms with E-state index in [1.807, 2.05) is 31.2 Å². The van der Waals surface area contributed by atoms with Gasteiger partial charge in [0, 0.05) is 12.6 Å². The summed E-state index contributed by atoms with van der Waals surface area (Å²) in [7, 11) is 0. The summed E-state index contributed by atoms with van der Waals surface area (Å²) >= 11 is 0. The molecule has 3 nitrogen and oxygen atoms in total. The molecule has 0 bridgehead atoms. The van der Waals surface area contributed by atoms with Crippen LogP contribution in [0.3, 0.4) is 0 Å². The highest BCUT2D eigenvalue weighted by Crippen LogP contribution is 2.23. The van der Waals surface area contributed by atoms with E-state index in [1.54, 1.807) is 0 Å². The second-order valence-corrected chi connectivity index (χ2v) is 5.00. The first kappa shape index (κ1) is 13.4. The van der Waals surface area contributed by atoms with Gasteiger partial charge in [-0.15, -0.1) is 0 Å². The minimum Gasteiger partial charge on any atom is -0.494 e. The van der Waals surface area contributed by atoms with Crippen LogP contribution >= 0.6 is 0 Å². The number of aliphatic hydroxyl groups is 1. The Kier molecular flexibility index (Phi) is 4.61. The van der Waals surface area contributed by atoms with Crippen LogP contribution in [0.2, 0.25) is 0 Å². The van der Waals surface area contributed by atoms with Crippen molar-refractivity contribution < 1.29 is 9.84 Å². The van der Waals surface area contributed by atoms with Crippen molar-refractivity contribution >= 4 is 0 Å². The fourth-order valence-corrected chi connectivity index (χ4v) is 2.54. The zero-order chi connectivity index (χ0) is 13.0. The summed E-state index contributed by atoms with van der Waals surface area (Å²) in [5, 5.41) is 10.2. The molecule has 1 aromatic rings. The van der Waals surface area contributed by atoms with Crippen LogP contribution < -0.4 is 4.74 Å². The Balaban J connectivity index is 1.93. The average molecular weight is 249 g/mol. The molecule has 0 radical (unpaired) electrons. The van der Waals surface area contributed by atoms with Crippen LogP contribution in [0.5, 0.6) is 5.75 Å². The van der Waals surface area contributed by atoms with Gasteiger partial charge in [0.15, 0.2) is 0 Å². The monoisotopic (exact) mass is 249 g/mol. The van der Waals surface area contributed by atoms with Gasteiger partial charge in [0.2, 0.25) is 0 Å². The molecule has 1 fully saturated rings. The highest BCUT2D eigenvalue weighted by atomic mass is 16.5. The molecule has 18 heavy (non-hydrogen) atoms. The molecule has 0 saturated carbocycles. The minimum atomic E-state index is -0.402. The SMILES string of the molecule is CCOc1ccc(C(O)CN2CCCC2C)cc1. The molecule has 0 spiro atoms. The van der Waals surface area contributed by atoms with Gasteiger partial charge < -0.3 is 9.84 Å². The van der Waals surface area contributed by atoms with Gasteiger partial charge in [-0.25, -0.2) is 0 Å². The molecule has 2 rings (SSSR count). The third kappa shape index (κ3) is 3.24. The number of hydrogen-bond donors (Lipinski definition) is 1. The molecule has 3 heteroatoms. The summed E-state index contributed by atoms with van der Waals surface area (Å²) in [6, 6.07) is 8.36. The molecular formula is C15H23NO2. The number of benzene rings is 1. The van der Waals surface area contributed by atoms with Crippen molar-refractivity contribution in [1.29, 1.82) is 0 Å². The van der Waals surface area contributed by atoms with Crippen molar-refractivity contribution in [3.05, 3.63) is 29.8 Å². The van der Waals surface area contributed by atoms with E-state index in [0.29, 0.717) is 12.6 Å². The maximum absolute atomic E-state index is 10.2. The molecule has 1 N–H and O–H groups in total. The first-order valence-corrected chi connectivity index (χ1v) is 6.85. The molecule has 0 amide bonds. The smallest absolute Gasteiger partial charge is 0.119 e. The van der Waals surface area contributed by atoms with Crippen LogP contribution in [0.15, 0.2) is 24.3 Å². The first-order chi connectivity index (χ1) is 8.70. The van der Waals surface area contributed by atoms with Gasteiger partial charge in [-0.1, -0.05) is 12.1 Å². The second-order valence-electron chi connectivity index (χ2n) is 5.00. The minimum absolute atomic E-state index is 0.402. The van der Waals surface area contributed by atoms with Crippen LogP contribution in [0.25, 0.3) is 0 Å². The van der Waals surface area contributed by atoms with E-state index < -0.39 is 6.10 Å². The fraction of sp³-hybridized carbons (Fsp3) is 0.600. The number of aliphatic hydroxyl groups excluding tert-OH is 1. The lowest BCUT2D eigenvalue weighted by Gasteiger charge is -2.24. The lowest BCUT2D eigenvalue weighted by molar-refractivity contribution is 0.110. The van der Waals surface area contributed by atoms with Crippen LogP contribution in [-0.2, 0) is 0 Å². The van der Waals surface area contributed by atoms with Gasteiger partial charge in [0.1, 0.15) is 5.75 Å². The van der Waals surface area contributed by atoms with E-state index in [0.717, 1.165) is 24.4 Å². The topological polar surface area (TPSA) is 32.7 Å². The first-order valence-electron chi connectivity index (χ1n) is 6.85. The third-order valence-electron chi connectivity index (χ3n) is 3.67. The zero-order valence-corrected chi connectivity index (χ0v) is 11.3. The molecule has 0 aliphatic carbocycles. The van der Waals surface area contributed by atoms with Gasteiger partial charge in [-0.3, -0.25) is 4.90 Å². The molecule has 0 aromatic heterocycles. The normalized spacial score (nSPS) is 22.1. The lowest BCUT2D eigenvalue weighted by atomic mass is 10.1. The Bertz CT molecular complexity index is 363. The summed E-state index contributed by atoms with van der Waals surface area (Å²) < 4.78 is 5.40. The highest BCUT2D eigenvalue weighted by molar-refractivity contribution is 5.28. The molecule has 100 valence electrons. The summed E-state index contributed by atoms with van der Waals surface area (Å²) in [5.74, 6) is 0.864. The fourth-order valence-electron chi connectivity index (χ4n) is 2.54. The molecule has 1 aliphatic rings. The number of β-amino-alcohol motifs (C(OH)–C–C–N with tert-alkyl or cyclic N) is 1. The number of nitrogens with zero attached hydrogens (tertiary/aromatic N) is 1. The van der Waals surface area contributed by atoms with Gasteiger partial charge >= 0.3 is 0 Å². The summed E-state index contributed by atoms with van der Waals surface area (Å²) in [5.41, 5.74) is 0.970. The quantitative estimate of drug-likeness (QED) is 0.870. The van der Waals surface area contributed by atoms with E-state index in [4.69, 9.17) is 4.74 Å². The number of rotatable bonds is 5. The molecule has 1 aromatic carbocycles. The van der Waals surface area contributed by atoms with Crippen molar-refractivity contribution in [3.63, 3.8) is 0 Å². The third-order valence-corrected chi connectivity index (χ3v) is 3.67. The summed E-state index contributed by atoms with van der Waals surface area (Å²) in [6.45, 7) is 6.72. The van der Waals surface area contributed by atoms with Crippen molar-refractivity contribution in [2.45, 2.75) is 38.8 Å². The van der Waals surface area contributed by atoms with Crippen LogP contribution in [-0.4, -0.2) is 35.7 Å². The maximum Gasteiger partial charge on any atom is 0.119 e. The van der Waals surface area contributed by atoms with Crippen LogP contribution in [0.1, 0.15) is 38.4 Å². The Morgan fingerprint density at radius 1 is 1.39 bits per heavy atom. The van der Waals surface area contributed by atoms with Crippen molar-refractivity contribution in [3.8, 4) is 5.75 Å². The van der Waals surface area contributed by atoms with E-state index in [-0.39, 0.29) is 0 Å². The highest BCUT2D eigenvalue weighted by Gasteiger charge is 2.22. The Morgan fingerprint density at radius 2 is 2.11 bits per heavy atom. The number of ether oxygens (including phenoxy) is 1. The molecule has 1 aliphatic heterocycles. The lowest BCUT2D eigenvalue weighted by Crippen LogP contribution is -2.31. The molecule has 2 unspecified atom stereocenters. The molecule has 1 saturated heterocycles. The number of likely N-dealkylation sites (tertiary alicyclic amines) is 1.